The summed E-state index contributed by atoms with van der Waals surface area (Å²) in [4.78, 5) is 0. The van der Waals surface area contributed by atoms with E-state index in [1.807, 2.05) is 0 Å². The number of rotatable bonds is 2. The predicted octanol–water partition coefficient (Wildman–Crippen LogP) is 8.80. The smallest absolute Gasteiger partial charge is 0.0200 e. The average molecular weight is 373 g/mol. The third-order valence-corrected chi connectivity index (χ3v) is 6.99. The van der Waals surface area contributed by atoms with Gasteiger partial charge in [-0.25, -0.2) is 0 Å². The molecule has 0 spiro atoms. The van der Waals surface area contributed by atoms with E-state index in [9.17, 15) is 0 Å². The Balaban J connectivity index is 0.000000289. The van der Waals surface area contributed by atoms with Gasteiger partial charge in [-0.1, -0.05) is 113 Å². The van der Waals surface area contributed by atoms with Crippen molar-refractivity contribution in [2.45, 2.75) is 102 Å². The van der Waals surface area contributed by atoms with Gasteiger partial charge in [0.15, 0.2) is 0 Å². The highest BCUT2D eigenvalue weighted by molar-refractivity contribution is 5.16. The molecule has 1 fully saturated rings. The Bertz CT molecular complexity index is 530. The minimum Gasteiger partial charge on any atom is -0.0622 e. The standard InChI is InChI=1S/C16H26.C11H22/c1-15(2,3)14(16(4,5)6)12-13-10-8-7-9-11-13;1-9(2,3)11(7-8-11)10(4,5)6/h7-11,14H,12H2,1-6H3;7-8H2,1-6H3. The monoisotopic (exact) mass is 372 g/mol. The Morgan fingerprint density at radius 3 is 1.26 bits per heavy atom. The van der Waals surface area contributed by atoms with Crippen LogP contribution >= 0.6 is 0 Å². The lowest BCUT2D eigenvalue weighted by Crippen LogP contribution is -2.34. The predicted molar refractivity (Wildman–Crippen MR) is 123 cm³/mol. The molecule has 1 aliphatic rings. The molecule has 0 bridgehead atoms. The summed E-state index contributed by atoms with van der Waals surface area (Å²) in [5.41, 5.74) is 3.77. The van der Waals surface area contributed by atoms with Crippen LogP contribution in [0.2, 0.25) is 0 Å². The quantitative estimate of drug-likeness (QED) is 0.486. The first-order valence-electron chi connectivity index (χ1n) is 11.0. The van der Waals surface area contributed by atoms with Crippen molar-refractivity contribution in [2.75, 3.05) is 0 Å². The molecule has 0 saturated heterocycles. The first-order chi connectivity index (χ1) is 11.9. The molecular formula is C27H48. The van der Waals surface area contributed by atoms with Crippen molar-refractivity contribution in [2.24, 2.45) is 33.0 Å². The van der Waals surface area contributed by atoms with Crippen LogP contribution in [0.25, 0.3) is 0 Å². The number of hydrogen-bond donors (Lipinski definition) is 0. The lowest BCUT2D eigenvalue weighted by Gasteiger charge is -2.41. The number of hydrogen-bond acceptors (Lipinski definition) is 0. The van der Waals surface area contributed by atoms with E-state index in [0.717, 1.165) is 0 Å². The van der Waals surface area contributed by atoms with Crippen molar-refractivity contribution in [1.29, 1.82) is 0 Å². The zero-order valence-electron chi connectivity index (χ0n) is 20.6. The van der Waals surface area contributed by atoms with Gasteiger partial charge in [-0.2, -0.15) is 0 Å². The molecule has 0 N–H and O–H groups in total. The molecule has 0 heteroatoms. The van der Waals surface area contributed by atoms with E-state index in [-0.39, 0.29) is 0 Å². The fourth-order valence-corrected chi connectivity index (χ4v) is 5.51. The fraction of sp³-hybridized carbons (Fsp3) is 0.778. The van der Waals surface area contributed by atoms with Crippen LogP contribution in [0.15, 0.2) is 30.3 Å². The molecule has 0 amide bonds. The topological polar surface area (TPSA) is 0 Å². The molecule has 1 aromatic carbocycles. The van der Waals surface area contributed by atoms with Crippen LogP contribution in [0, 0.1) is 33.0 Å². The largest absolute Gasteiger partial charge is 0.0622 e. The average Bonchev–Trinajstić information content (AvgIpc) is 3.25. The first-order valence-corrected chi connectivity index (χ1v) is 11.0. The highest BCUT2D eigenvalue weighted by atomic mass is 14.6. The van der Waals surface area contributed by atoms with Gasteiger partial charge in [-0.3, -0.25) is 0 Å². The second kappa shape index (κ2) is 7.92. The minimum atomic E-state index is 0.355. The molecule has 0 aliphatic heterocycles. The molecule has 1 aromatic rings. The van der Waals surface area contributed by atoms with Gasteiger partial charge in [0.05, 0.1) is 0 Å². The van der Waals surface area contributed by atoms with Crippen LogP contribution in [0.1, 0.15) is 101 Å². The molecule has 0 atom stereocenters. The Hall–Kier alpha value is -0.780. The van der Waals surface area contributed by atoms with Crippen molar-refractivity contribution in [1.82, 2.24) is 0 Å². The molecule has 1 saturated carbocycles. The van der Waals surface area contributed by atoms with Gasteiger partial charge in [0.25, 0.3) is 0 Å². The van der Waals surface area contributed by atoms with E-state index in [1.54, 1.807) is 0 Å². The summed E-state index contributed by atoms with van der Waals surface area (Å²) in [5.74, 6) is 0.697. The van der Waals surface area contributed by atoms with Gasteiger partial charge in [0, 0.05) is 0 Å². The summed E-state index contributed by atoms with van der Waals surface area (Å²) in [6.07, 6.45) is 4.04. The molecule has 0 heterocycles. The Kier molecular flexibility index (Phi) is 7.12. The van der Waals surface area contributed by atoms with E-state index < -0.39 is 0 Å². The second-order valence-corrected chi connectivity index (χ2v) is 13.1. The fourth-order valence-electron chi connectivity index (χ4n) is 5.51. The molecule has 156 valence electrons. The Labute approximate surface area is 171 Å². The van der Waals surface area contributed by atoms with Crippen molar-refractivity contribution in [3.8, 4) is 0 Å². The normalized spacial score (nSPS) is 17.4. The Morgan fingerprint density at radius 2 is 1.04 bits per heavy atom. The molecular weight excluding hydrogens is 324 g/mol. The zero-order valence-corrected chi connectivity index (χ0v) is 20.6. The van der Waals surface area contributed by atoms with Crippen molar-refractivity contribution >= 4 is 0 Å². The summed E-state index contributed by atoms with van der Waals surface area (Å²) in [5, 5.41) is 0. The molecule has 0 unspecified atom stereocenters. The highest BCUT2D eigenvalue weighted by Crippen LogP contribution is 2.67. The Morgan fingerprint density at radius 1 is 0.667 bits per heavy atom. The van der Waals surface area contributed by atoms with E-state index in [4.69, 9.17) is 0 Å². The highest BCUT2D eigenvalue weighted by Gasteiger charge is 2.58. The van der Waals surface area contributed by atoms with E-state index in [0.29, 0.717) is 33.0 Å². The molecule has 1 aliphatic carbocycles. The van der Waals surface area contributed by atoms with Crippen LogP contribution in [0.4, 0.5) is 0 Å². The maximum Gasteiger partial charge on any atom is -0.0200 e. The summed E-state index contributed by atoms with van der Waals surface area (Å²) in [6.45, 7) is 28.4. The first kappa shape index (κ1) is 24.3. The molecule has 0 radical (unpaired) electrons. The van der Waals surface area contributed by atoms with Crippen molar-refractivity contribution < 1.29 is 0 Å². The van der Waals surface area contributed by atoms with Crippen LogP contribution < -0.4 is 0 Å². The summed E-state index contributed by atoms with van der Waals surface area (Å²) in [7, 11) is 0. The van der Waals surface area contributed by atoms with Gasteiger partial charge < -0.3 is 0 Å². The molecule has 27 heavy (non-hydrogen) atoms. The van der Waals surface area contributed by atoms with Gasteiger partial charge in [0.2, 0.25) is 0 Å². The van der Waals surface area contributed by atoms with Gasteiger partial charge in [-0.05, 0) is 57.8 Å². The van der Waals surface area contributed by atoms with E-state index in [2.05, 4.69) is 113 Å². The second-order valence-electron chi connectivity index (χ2n) is 13.1. The van der Waals surface area contributed by atoms with Crippen LogP contribution in [0.5, 0.6) is 0 Å². The number of benzene rings is 1. The summed E-state index contributed by atoms with van der Waals surface area (Å²) < 4.78 is 0. The van der Waals surface area contributed by atoms with Crippen molar-refractivity contribution in [3.63, 3.8) is 0 Å². The van der Waals surface area contributed by atoms with Gasteiger partial charge in [0.1, 0.15) is 0 Å². The maximum atomic E-state index is 2.38. The summed E-state index contributed by atoms with van der Waals surface area (Å²) in [6, 6.07) is 10.8. The van der Waals surface area contributed by atoms with E-state index >= 15 is 0 Å². The zero-order chi connectivity index (χ0) is 21.3. The molecule has 0 nitrogen and oxygen atoms in total. The van der Waals surface area contributed by atoms with Crippen LogP contribution in [-0.4, -0.2) is 0 Å². The molecule has 0 aromatic heterocycles. The maximum absolute atomic E-state index is 2.38. The van der Waals surface area contributed by atoms with Crippen LogP contribution in [-0.2, 0) is 6.42 Å². The van der Waals surface area contributed by atoms with Gasteiger partial charge in [-0.15, -0.1) is 0 Å². The third kappa shape index (κ3) is 6.37. The van der Waals surface area contributed by atoms with Crippen molar-refractivity contribution in [3.05, 3.63) is 35.9 Å². The van der Waals surface area contributed by atoms with E-state index in [1.165, 1.54) is 24.8 Å². The minimum absolute atomic E-state index is 0.355. The SMILES string of the molecule is CC(C)(C)C(Cc1ccccc1)C(C)(C)C.CC(C)(C)C1(C(C)(C)C)CC1. The van der Waals surface area contributed by atoms with Crippen LogP contribution in [0.3, 0.4) is 0 Å². The summed E-state index contributed by atoms with van der Waals surface area (Å²) >= 11 is 0. The van der Waals surface area contributed by atoms with Gasteiger partial charge >= 0.3 is 0 Å². The lowest BCUT2D eigenvalue weighted by atomic mass is 9.63. The third-order valence-electron chi connectivity index (χ3n) is 6.99. The lowest BCUT2D eigenvalue weighted by molar-refractivity contribution is 0.0745. The molecule has 2 rings (SSSR count).